The van der Waals surface area contributed by atoms with Crippen molar-refractivity contribution >= 4 is 11.7 Å². The maximum absolute atomic E-state index is 10.9. The largest absolute Gasteiger partial charge is 0.368 e. The standard InChI is InChI=1S/C11H25N5O2/c1-14-10(11(13)18)4-2-3-5-15-8-16-7-9(17)6-12/h10,14-16H,2-8,12H2,1H3,(H2,13,18)/t10-/m0/s1. The van der Waals surface area contributed by atoms with E-state index in [2.05, 4.69) is 16.0 Å². The number of carbonyl (C=O) groups excluding carboxylic acids is 2. The second-order valence-electron chi connectivity index (χ2n) is 4.09. The summed E-state index contributed by atoms with van der Waals surface area (Å²) >= 11 is 0. The van der Waals surface area contributed by atoms with Gasteiger partial charge < -0.3 is 22.1 Å². The number of unbranched alkanes of at least 4 members (excludes halogenated alkanes) is 1. The van der Waals surface area contributed by atoms with E-state index in [-0.39, 0.29) is 24.3 Å². The van der Waals surface area contributed by atoms with E-state index in [9.17, 15) is 9.59 Å². The number of carbonyl (C=O) groups is 2. The molecule has 0 unspecified atom stereocenters. The Balaban J connectivity index is 3.30. The van der Waals surface area contributed by atoms with Gasteiger partial charge in [-0.15, -0.1) is 0 Å². The minimum absolute atomic E-state index is 0.00452. The molecule has 0 aromatic carbocycles. The molecule has 0 saturated carbocycles. The SMILES string of the molecule is CN[C@@H](CCCCNCNCC(=O)CN)C(N)=O. The molecule has 1 amide bonds. The Morgan fingerprint density at radius 1 is 1.22 bits per heavy atom. The summed E-state index contributed by atoms with van der Waals surface area (Å²) in [5.74, 6) is -0.317. The Hall–Kier alpha value is -1.02. The molecule has 0 fully saturated rings. The van der Waals surface area contributed by atoms with Crippen molar-refractivity contribution in [2.24, 2.45) is 11.5 Å². The van der Waals surface area contributed by atoms with E-state index in [1.54, 1.807) is 7.05 Å². The number of nitrogens with two attached hydrogens (primary N) is 2. The number of nitrogens with one attached hydrogen (secondary N) is 3. The highest BCUT2D eigenvalue weighted by Crippen LogP contribution is 1.99. The summed E-state index contributed by atoms with van der Waals surface area (Å²) in [5, 5.41) is 8.96. The third-order valence-corrected chi connectivity index (χ3v) is 2.59. The lowest BCUT2D eigenvalue weighted by atomic mass is 10.1. The maximum Gasteiger partial charge on any atom is 0.234 e. The summed E-state index contributed by atoms with van der Waals surface area (Å²) in [5.41, 5.74) is 10.4. The van der Waals surface area contributed by atoms with Crippen LogP contribution < -0.4 is 27.4 Å². The minimum atomic E-state index is -0.313. The molecule has 0 radical (unpaired) electrons. The molecule has 0 aliphatic rings. The minimum Gasteiger partial charge on any atom is -0.368 e. The summed E-state index contributed by atoms with van der Waals surface area (Å²) in [6, 6.07) is -0.245. The summed E-state index contributed by atoms with van der Waals surface area (Å²) in [7, 11) is 1.73. The van der Waals surface area contributed by atoms with Crippen molar-refractivity contribution < 1.29 is 9.59 Å². The first-order chi connectivity index (χ1) is 8.61. The van der Waals surface area contributed by atoms with Gasteiger partial charge in [0.15, 0.2) is 5.78 Å². The zero-order chi connectivity index (χ0) is 13.8. The fourth-order valence-electron chi connectivity index (χ4n) is 1.48. The quantitative estimate of drug-likeness (QED) is 0.202. The number of hydrogen-bond acceptors (Lipinski definition) is 6. The van der Waals surface area contributed by atoms with Crippen molar-refractivity contribution in [3.05, 3.63) is 0 Å². The zero-order valence-corrected chi connectivity index (χ0v) is 11.0. The summed E-state index contributed by atoms with van der Waals surface area (Å²) in [6.45, 7) is 1.79. The average Bonchev–Trinajstić information content (AvgIpc) is 2.36. The van der Waals surface area contributed by atoms with E-state index < -0.39 is 0 Å². The topological polar surface area (TPSA) is 122 Å². The van der Waals surface area contributed by atoms with Crippen LogP contribution in [0, 0.1) is 0 Å². The molecule has 1 atom stereocenters. The van der Waals surface area contributed by atoms with Gasteiger partial charge in [0.25, 0.3) is 0 Å². The van der Waals surface area contributed by atoms with E-state index in [0.29, 0.717) is 13.2 Å². The van der Waals surface area contributed by atoms with Gasteiger partial charge in [0, 0.05) is 6.67 Å². The highest BCUT2D eigenvalue weighted by Gasteiger charge is 2.10. The molecule has 106 valence electrons. The second kappa shape index (κ2) is 11.1. The summed E-state index contributed by atoms with van der Waals surface area (Å²) < 4.78 is 0. The van der Waals surface area contributed by atoms with Crippen molar-refractivity contribution in [2.45, 2.75) is 25.3 Å². The molecule has 0 rings (SSSR count). The molecule has 0 heterocycles. The maximum atomic E-state index is 10.9. The van der Waals surface area contributed by atoms with Crippen LogP contribution in [0.3, 0.4) is 0 Å². The number of hydrogen-bond donors (Lipinski definition) is 5. The lowest BCUT2D eigenvalue weighted by Crippen LogP contribution is -2.39. The van der Waals surface area contributed by atoms with Crippen molar-refractivity contribution in [3.8, 4) is 0 Å². The van der Waals surface area contributed by atoms with Gasteiger partial charge in [-0.25, -0.2) is 0 Å². The molecular formula is C11H25N5O2. The second-order valence-corrected chi connectivity index (χ2v) is 4.09. The molecule has 0 aliphatic carbocycles. The Morgan fingerprint density at radius 3 is 2.50 bits per heavy atom. The number of rotatable bonds is 12. The van der Waals surface area contributed by atoms with Gasteiger partial charge >= 0.3 is 0 Å². The molecule has 0 aromatic rings. The van der Waals surface area contributed by atoms with E-state index in [1.165, 1.54) is 0 Å². The van der Waals surface area contributed by atoms with Gasteiger partial charge in [0.2, 0.25) is 5.91 Å². The predicted molar refractivity (Wildman–Crippen MR) is 70.8 cm³/mol. The van der Waals surface area contributed by atoms with Crippen LogP contribution in [0.15, 0.2) is 0 Å². The molecule has 0 bridgehead atoms. The Kier molecular flexibility index (Phi) is 10.5. The van der Waals surface area contributed by atoms with Crippen molar-refractivity contribution in [1.82, 2.24) is 16.0 Å². The molecular weight excluding hydrogens is 234 g/mol. The Morgan fingerprint density at radius 2 is 1.94 bits per heavy atom. The molecule has 18 heavy (non-hydrogen) atoms. The van der Waals surface area contributed by atoms with E-state index >= 15 is 0 Å². The number of ketones is 1. The van der Waals surface area contributed by atoms with Gasteiger partial charge in [0.05, 0.1) is 19.1 Å². The Bertz CT molecular complexity index is 248. The lowest BCUT2D eigenvalue weighted by Gasteiger charge is -2.11. The normalized spacial score (nSPS) is 12.3. The summed E-state index contributed by atoms with van der Waals surface area (Å²) in [6.07, 6.45) is 2.62. The van der Waals surface area contributed by atoms with Crippen LogP contribution in [-0.2, 0) is 9.59 Å². The highest BCUT2D eigenvalue weighted by atomic mass is 16.1. The fraction of sp³-hybridized carbons (Fsp3) is 0.818. The summed E-state index contributed by atoms with van der Waals surface area (Å²) in [4.78, 5) is 21.8. The molecule has 0 saturated heterocycles. The van der Waals surface area contributed by atoms with Crippen molar-refractivity contribution in [3.63, 3.8) is 0 Å². The number of likely N-dealkylation sites (N-methyl/N-ethyl adjacent to an activating group) is 1. The van der Waals surface area contributed by atoms with Crippen LogP contribution >= 0.6 is 0 Å². The first-order valence-corrected chi connectivity index (χ1v) is 6.21. The van der Waals surface area contributed by atoms with Gasteiger partial charge in [-0.2, -0.15) is 0 Å². The van der Waals surface area contributed by atoms with E-state index in [0.717, 1.165) is 25.8 Å². The number of amides is 1. The van der Waals surface area contributed by atoms with Crippen LogP contribution in [0.2, 0.25) is 0 Å². The lowest BCUT2D eigenvalue weighted by molar-refractivity contribution is -0.120. The molecule has 0 spiro atoms. The van der Waals surface area contributed by atoms with Gasteiger partial charge in [-0.05, 0) is 26.4 Å². The Labute approximate surface area is 108 Å². The molecule has 7 N–H and O–H groups in total. The fourth-order valence-corrected chi connectivity index (χ4v) is 1.48. The van der Waals surface area contributed by atoms with Gasteiger partial charge in [0.1, 0.15) is 0 Å². The van der Waals surface area contributed by atoms with Crippen LogP contribution in [0.5, 0.6) is 0 Å². The molecule has 7 nitrogen and oxygen atoms in total. The van der Waals surface area contributed by atoms with Crippen LogP contribution in [0.4, 0.5) is 0 Å². The average molecular weight is 259 g/mol. The van der Waals surface area contributed by atoms with Crippen LogP contribution in [0.25, 0.3) is 0 Å². The highest BCUT2D eigenvalue weighted by molar-refractivity contribution is 5.82. The van der Waals surface area contributed by atoms with Crippen molar-refractivity contribution in [1.29, 1.82) is 0 Å². The first kappa shape index (κ1) is 17.0. The third-order valence-electron chi connectivity index (χ3n) is 2.59. The van der Waals surface area contributed by atoms with Gasteiger partial charge in [-0.1, -0.05) is 6.42 Å². The van der Waals surface area contributed by atoms with Crippen LogP contribution in [-0.4, -0.2) is 51.1 Å². The monoisotopic (exact) mass is 259 g/mol. The molecule has 0 aliphatic heterocycles. The zero-order valence-electron chi connectivity index (χ0n) is 11.0. The number of primary amides is 1. The molecule has 0 aromatic heterocycles. The van der Waals surface area contributed by atoms with Crippen LogP contribution in [0.1, 0.15) is 19.3 Å². The van der Waals surface area contributed by atoms with Crippen molar-refractivity contribution in [2.75, 3.05) is 33.4 Å². The van der Waals surface area contributed by atoms with Gasteiger partial charge in [-0.3, -0.25) is 14.9 Å². The smallest absolute Gasteiger partial charge is 0.234 e. The predicted octanol–water partition coefficient (Wildman–Crippen LogP) is -2.11. The first-order valence-electron chi connectivity index (χ1n) is 6.21. The number of Topliss-reactive ketones (excluding diaryl/α,β-unsaturated/α-hetero) is 1. The van der Waals surface area contributed by atoms with E-state index in [1.807, 2.05) is 0 Å². The molecule has 7 heteroatoms. The van der Waals surface area contributed by atoms with E-state index in [4.69, 9.17) is 11.5 Å². The third kappa shape index (κ3) is 9.06.